The summed E-state index contributed by atoms with van der Waals surface area (Å²) < 4.78 is 40.6. The summed E-state index contributed by atoms with van der Waals surface area (Å²) in [5, 5.41) is 3.01. The fourth-order valence-electron chi connectivity index (χ4n) is 4.27. The molecule has 214 valence electrons. The Bertz CT molecular complexity index is 1340. The lowest BCUT2D eigenvalue weighted by molar-refractivity contribution is -0.141. The van der Waals surface area contributed by atoms with Gasteiger partial charge in [-0.2, -0.15) is 0 Å². The van der Waals surface area contributed by atoms with Crippen LogP contribution >= 0.6 is 0 Å². The van der Waals surface area contributed by atoms with E-state index in [9.17, 15) is 22.4 Å². The van der Waals surface area contributed by atoms with E-state index in [0.717, 1.165) is 12.0 Å². The van der Waals surface area contributed by atoms with Gasteiger partial charge in [-0.05, 0) is 55.2 Å². The third-order valence-corrected chi connectivity index (χ3v) is 8.72. The number of amides is 2. The number of hydrogen-bond donors (Lipinski definition) is 1. The lowest BCUT2D eigenvalue weighted by Gasteiger charge is -2.32. The third-order valence-electron chi connectivity index (χ3n) is 6.85. The van der Waals surface area contributed by atoms with Crippen LogP contribution in [0.3, 0.4) is 0 Å². The van der Waals surface area contributed by atoms with Crippen LogP contribution in [0.15, 0.2) is 89.8 Å². The average Bonchev–Trinajstić information content (AvgIpc) is 2.96. The van der Waals surface area contributed by atoms with Gasteiger partial charge >= 0.3 is 0 Å². The van der Waals surface area contributed by atoms with Crippen LogP contribution in [0.2, 0.25) is 0 Å². The smallest absolute Gasteiger partial charge is 0.243 e. The van der Waals surface area contributed by atoms with E-state index < -0.39 is 16.1 Å². The Morgan fingerprint density at radius 1 is 0.900 bits per heavy atom. The van der Waals surface area contributed by atoms with Crippen molar-refractivity contribution < 1.29 is 22.4 Å². The van der Waals surface area contributed by atoms with E-state index in [4.69, 9.17) is 0 Å². The summed E-state index contributed by atoms with van der Waals surface area (Å²) in [5.41, 5.74) is 1.59. The minimum atomic E-state index is -3.69. The zero-order chi connectivity index (χ0) is 29.1. The van der Waals surface area contributed by atoms with Crippen LogP contribution in [0.4, 0.5) is 4.39 Å². The summed E-state index contributed by atoms with van der Waals surface area (Å²) >= 11 is 0. The molecule has 0 aliphatic carbocycles. The molecule has 2 amide bonds. The van der Waals surface area contributed by atoms with Gasteiger partial charge in [0.25, 0.3) is 0 Å². The maximum absolute atomic E-state index is 13.7. The molecule has 0 radical (unpaired) electrons. The molecule has 7 nitrogen and oxygen atoms in total. The normalized spacial score (nSPS) is 13.0. The first-order valence-electron chi connectivity index (χ1n) is 13.5. The lowest BCUT2D eigenvalue weighted by Crippen LogP contribution is -2.52. The number of rotatable bonds is 14. The molecule has 3 aromatic rings. The van der Waals surface area contributed by atoms with E-state index in [0.29, 0.717) is 12.0 Å². The monoisotopic (exact) mass is 567 g/mol. The molecule has 2 atom stereocenters. The Morgan fingerprint density at radius 3 is 2.10 bits per heavy atom. The highest BCUT2D eigenvalue weighted by Gasteiger charge is 2.31. The van der Waals surface area contributed by atoms with Crippen molar-refractivity contribution in [3.63, 3.8) is 0 Å². The van der Waals surface area contributed by atoms with E-state index in [1.807, 2.05) is 44.2 Å². The van der Waals surface area contributed by atoms with Gasteiger partial charge < -0.3 is 10.2 Å². The lowest BCUT2D eigenvalue weighted by atomic mass is 10.0. The number of carbonyl (C=O) groups excluding carboxylic acids is 2. The first-order chi connectivity index (χ1) is 19.1. The highest BCUT2D eigenvalue weighted by atomic mass is 32.2. The van der Waals surface area contributed by atoms with Gasteiger partial charge in [-0.15, -0.1) is 0 Å². The van der Waals surface area contributed by atoms with E-state index >= 15 is 0 Å². The SMILES string of the molecule is CC[C@H](C)NC(=O)[C@@H](Cc1ccccc1)N(Cc1ccc(F)cc1)C(=O)CCCN(C)S(=O)(=O)c1ccccc1. The van der Waals surface area contributed by atoms with Crippen LogP contribution in [-0.2, 0) is 32.6 Å². The second-order valence-corrected chi connectivity index (χ2v) is 12.0. The molecule has 0 aromatic heterocycles. The Hall–Kier alpha value is -3.56. The fraction of sp³-hybridized carbons (Fsp3) is 0.355. The second-order valence-electron chi connectivity index (χ2n) is 9.91. The molecule has 3 aromatic carbocycles. The number of nitrogens with zero attached hydrogens (tertiary/aromatic N) is 2. The predicted octanol–water partition coefficient (Wildman–Crippen LogP) is 4.78. The fourth-order valence-corrected chi connectivity index (χ4v) is 5.50. The van der Waals surface area contributed by atoms with Crippen molar-refractivity contribution in [2.24, 2.45) is 0 Å². The molecule has 9 heteroatoms. The molecule has 0 aliphatic heterocycles. The van der Waals surface area contributed by atoms with Crippen LogP contribution in [0, 0.1) is 5.82 Å². The molecule has 40 heavy (non-hydrogen) atoms. The summed E-state index contributed by atoms with van der Waals surface area (Å²) in [4.78, 5) is 29.0. The van der Waals surface area contributed by atoms with Gasteiger partial charge in [0.2, 0.25) is 21.8 Å². The van der Waals surface area contributed by atoms with Gasteiger partial charge in [0, 0.05) is 39.0 Å². The number of benzene rings is 3. The van der Waals surface area contributed by atoms with Crippen molar-refractivity contribution in [3.05, 3.63) is 102 Å². The first-order valence-corrected chi connectivity index (χ1v) is 15.0. The molecular formula is C31H38FN3O4S. The second kappa shape index (κ2) is 14.7. The van der Waals surface area contributed by atoms with Gasteiger partial charge in [0.05, 0.1) is 4.90 Å². The summed E-state index contributed by atoms with van der Waals surface area (Å²) in [7, 11) is -2.20. The summed E-state index contributed by atoms with van der Waals surface area (Å²) in [6, 6.07) is 22.6. The van der Waals surface area contributed by atoms with Gasteiger partial charge in [0.15, 0.2) is 0 Å². The van der Waals surface area contributed by atoms with Crippen LogP contribution in [0.5, 0.6) is 0 Å². The third kappa shape index (κ3) is 8.72. The maximum Gasteiger partial charge on any atom is 0.243 e. The average molecular weight is 568 g/mol. The van der Waals surface area contributed by atoms with E-state index in [1.165, 1.54) is 40.5 Å². The number of hydrogen-bond acceptors (Lipinski definition) is 4. The van der Waals surface area contributed by atoms with E-state index in [-0.39, 0.29) is 54.5 Å². The Labute approximate surface area is 237 Å². The first kappa shape index (κ1) is 31.0. The molecule has 0 unspecified atom stereocenters. The Kier molecular flexibility index (Phi) is 11.4. The Morgan fingerprint density at radius 2 is 1.50 bits per heavy atom. The molecule has 0 spiro atoms. The van der Waals surface area contributed by atoms with Crippen molar-refractivity contribution in [1.82, 2.24) is 14.5 Å². The van der Waals surface area contributed by atoms with Crippen molar-refractivity contribution in [2.75, 3.05) is 13.6 Å². The summed E-state index contributed by atoms with van der Waals surface area (Å²) in [6.45, 7) is 4.13. The Balaban J connectivity index is 1.83. The van der Waals surface area contributed by atoms with Crippen molar-refractivity contribution >= 4 is 21.8 Å². The van der Waals surface area contributed by atoms with Crippen molar-refractivity contribution in [3.8, 4) is 0 Å². The molecule has 0 fully saturated rings. The van der Waals surface area contributed by atoms with Crippen LogP contribution in [0.25, 0.3) is 0 Å². The van der Waals surface area contributed by atoms with Gasteiger partial charge in [-0.1, -0.05) is 67.6 Å². The molecule has 0 aliphatic rings. The predicted molar refractivity (Wildman–Crippen MR) is 154 cm³/mol. The zero-order valence-corrected chi connectivity index (χ0v) is 24.1. The zero-order valence-electron chi connectivity index (χ0n) is 23.3. The molecule has 0 heterocycles. The van der Waals surface area contributed by atoms with Crippen LogP contribution in [0.1, 0.15) is 44.2 Å². The van der Waals surface area contributed by atoms with E-state index in [1.54, 1.807) is 30.3 Å². The molecule has 1 N–H and O–H groups in total. The topological polar surface area (TPSA) is 86.8 Å². The molecular weight excluding hydrogens is 529 g/mol. The van der Waals surface area contributed by atoms with Gasteiger partial charge in [-0.25, -0.2) is 17.1 Å². The maximum atomic E-state index is 13.7. The highest BCUT2D eigenvalue weighted by Crippen LogP contribution is 2.19. The molecule has 3 rings (SSSR count). The minimum Gasteiger partial charge on any atom is -0.352 e. The molecule has 0 saturated heterocycles. The van der Waals surface area contributed by atoms with Gasteiger partial charge in [0.1, 0.15) is 11.9 Å². The minimum absolute atomic E-state index is 0.0394. The number of nitrogens with one attached hydrogen (secondary N) is 1. The largest absolute Gasteiger partial charge is 0.352 e. The number of carbonyl (C=O) groups is 2. The van der Waals surface area contributed by atoms with Gasteiger partial charge in [-0.3, -0.25) is 9.59 Å². The highest BCUT2D eigenvalue weighted by molar-refractivity contribution is 7.89. The summed E-state index contributed by atoms with van der Waals surface area (Å²) in [6.07, 6.45) is 1.35. The summed E-state index contributed by atoms with van der Waals surface area (Å²) in [5.74, 6) is -0.938. The quantitative estimate of drug-likeness (QED) is 0.304. The van der Waals surface area contributed by atoms with Crippen LogP contribution < -0.4 is 5.32 Å². The number of halogens is 1. The van der Waals surface area contributed by atoms with Crippen LogP contribution in [-0.4, -0.2) is 55.1 Å². The number of sulfonamides is 1. The van der Waals surface area contributed by atoms with Crippen molar-refractivity contribution in [1.29, 1.82) is 0 Å². The molecule has 0 saturated carbocycles. The van der Waals surface area contributed by atoms with E-state index in [2.05, 4.69) is 5.32 Å². The standard InChI is InChI=1S/C31H38FN3O4S/c1-4-24(2)33-31(37)29(22-25-12-7-5-8-13-25)35(23-26-17-19-27(32)20-18-26)30(36)16-11-21-34(3)40(38,39)28-14-9-6-10-15-28/h5-10,12-15,17-20,24,29H,4,11,16,21-23H2,1-3H3,(H,33,37)/t24-,29+/m0/s1. The van der Waals surface area contributed by atoms with Crippen molar-refractivity contribution in [2.45, 2.75) is 63.1 Å². The molecule has 0 bridgehead atoms.